The fourth-order valence-electron chi connectivity index (χ4n) is 3.99. The number of hydrogen-bond donors (Lipinski definition) is 1. The summed E-state index contributed by atoms with van der Waals surface area (Å²) in [4.78, 5) is 24.5. The van der Waals surface area contributed by atoms with Crippen LogP contribution in [-0.4, -0.2) is 30.5 Å². The molecule has 2 aromatic carbocycles. The van der Waals surface area contributed by atoms with Crippen molar-refractivity contribution in [3.63, 3.8) is 0 Å². The second kappa shape index (κ2) is 6.52. The summed E-state index contributed by atoms with van der Waals surface area (Å²) in [7, 11) is 0. The molecule has 3 aromatic heterocycles. The molecule has 154 valence electrons. The summed E-state index contributed by atoms with van der Waals surface area (Å²) >= 11 is 0. The number of aromatic nitrogens is 5. The van der Waals surface area contributed by atoms with Crippen molar-refractivity contribution < 1.29 is 9.18 Å². The second-order valence-electron chi connectivity index (χ2n) is 7.67. The number of primary amides is 1. The maximum atomic E-state index is 14.3. The predicted octanol–water partition coefficient (Wildman–Crippen LogP) is 3.43. The zero-order valence-electron chi connectivity index (χ0n) is 16.6. The Hall–Kier alpha value is -4.46. The van der Waals surface area contributed by atoms with Gasteiger partial charge in [-0.1, -0.05) is 30.4 Å². The van der Waals surface area contributed by atoms with Crippen LogP contribution in [0.25, 0.3) is 27.9 Å². The van der Waals surface area contributed by atoms with E-state index in [1.165, 1.54) is 18.3 Å². The van der Waals surface area contributed by atoms with Crippen molar-refractivity contribution in [2.75, 3.05) is 0 Å². The van der Waals surface area contributed by atoms with E-state index in [9.17, 15) is 9.18 Å². The topological polar surface area (TPSA) is 99.1 Å². The first-order chi connectivity index (χ1) is 15.5. The van der Waals surface area contributed by atoms with Gasteiger partial charge in [0.05, 0.1) is 34.6 Å². The van der Waals surface area contributed by atoms with Gasteiger partial charge in [0.15, 0.2) is 0 Å². The Labute approximate surface area is 181 Å². The Balaban J connectivity index is 1.46. The van der Waals surface area contributed by atoms with E-state index in [0.29, 0.717) is 17.0 Å². The first kappa shape index (κ1) is 18.3. The number of carbonyl (C=O) groups excluding carboxylic acids is 1. The van der Waals surface area contributed by atoms with E-state index in [-0.39, 0.29) is 5.56 Å². The standard InChI is InChI=1S/C24H15FN6O/c25-18-11-15(3-5-17(18)22(26)32)20-12-28-23-29-13-21(31(23)30-20)24(7-8-24)16-4-6-19-14(10-16)2-1-9-27-19/h1-13H,(H2,26,32). The van der Waals surface area contributed by atoms with Gasteiger partial charge in [0.1, 0.15) is 11.5 Å². The van der Waals surface area contributed by atoms with E-state index in [1.807, 2.05) is 24.3 Å². The van der Waals surface area contributed by atoms with Gasteiger partial charge in [-0.15, -0.1) is 0 Å². The van der Waals surface area contributed by atoms with Crippen LogP contribution in [0.2, 0.25) is 0 Å². The van der Waals surface area contributed by atoms with Crippen LogP contribution in [0.1, 0.15) is 21.6 Å². The molecule has 0 saturated carbocycles. The van der Waals surface area contributed by atoms with Crippen LogP contribution >= 0.6 is 0 Å². The molecular weight excluding hydrogens is 407 g/mol. The number of allylic oxidation sites excluding steroid dienone is 2. The molecule has 0 bridgehead atoms. The van der Waals surface area contributed by atoms with E-state index in [2.05, 4.69) is 38.3 Å². The summed E-state index contributed by atoms with van der Waals surface area (Å²) < 4.78 is 16.0. The van der Waals surface area contributed by atoms with E-state index in [1.54, 1.807) is 23.0 Å². The van der Waals surface area contributed by atoms with Gasteiger partial charge >= 0.3 is 0 Å². The van der Waals surface area contributed by atoms with Gasteiger partial charge in [-0.25, -0.2) is 14.4 Å². The van der Waals surface area contributed by atoms with Crippen LogP contribution in [0.3, 0.4) is 0 Å². The summed E-state index contributed by atoms with van der Waals surface area (Å²) in [6, 6.07) is 14.3. The fraction of sp³-hybridized carbons (Fsp3) is 0.0417. The van der Waals surface area contributed by atoms with Crippen LogP contribution in [0, 0.1) is 5.82 Å². The molecule has 0 atom stereocenters. The normalized spacial score (nSPS) is 14.2. The van der Waals surface area contributed by atoms with E-state index in [4.69, 9.17) is 5.73 Å². The quantitative estimate of drug-likeness (QED) is 0.448. The molecule has 3 heterocycles. The fourth-order valence-corrected chi connectivity index (χ4v) is 3.99. The number of halogens is 1. The van der Waals surface area contributed by atoms with Crippen LogP contribution in [-0.2, 0) is 5.41 Å². The van der Waals surface area contributed by atoms with Gasteiger partial charge in [0.25, 0.3) is 11.7 Å². The third kappa shape index (κ3) is 2.70. The molecule has 1 aliphatic rings. The molecule has 1 aliphatic carbocycles. The highest BCUT2D eigenvalue weighted by Gasteiger charge is 2.41. The van der Waals surface area contributed by atoms with E-state index in [0.717, 1.165) is 22.2 Å². The Kier molecular flexibility index (Phi) is 3.73. The second-order valence-corrected chi connectivity index (χ2v) is 7.67. The lowest BCUT2D eigenvalue weighted by Crippen LogP contribution is -2.15. The van der Waals surface area contributed by atoms with Crippen molar-refractivity contribution in [3.8, 4) is 11.3 Å². The minimum absolute atomic E-state index is 0.168. The SMILES string of the molecule is NC(=O)c1ccc(-c2cnc3ncc(C4(c5ccc6ncccc6c5)C=C4)n3n2)cc1F. The molecule has 5 aromatic rings. The third-order valence-electron chi connectivity index (χ3n) is 5.76. The van der Waals surface area contributed by atoms with Crippen molar-refractivity contribution in [3.05, 3.63) is 102 Å². The van der Waals surface area contributed by atoms with Gasteiger partial charge in [0.2, 0.25) is 0 Å². The number of nitrogens with two attached hydrogens (primary N) is 1. The van der Waals surface area contributed by atoms with E-state index < -0.39 is 17.1 Å². The Morgan fingerprint density at radius 2 is 1.84 bits per heavy atom. The number of amides is 1. The lowest BCUT2D eigenvalue weighted by molar-refractivity contribution is 0.0996. The van der Waals surface area contributed by atoms with Crippen molar-refractivity contribution in [2.45, 2.75) is 5.41 Å². The lowest BCUT2D eigenvalue weighted by atomic mass is 9.89. The van der Waals surface area contributed by atoms with Gasteiger partial charge < -0.3 is 5.73 Å². The van der Waals surface area contributed by atoms with Crippen LogP contribution < -0.4 is 5.73 Å². The molecule has 8 heteroatoms. The highest BCUT2D eigenvalue weighted by molar-refractivity contribution is 5.93. The molecular formula is C24H15FN6O. The molecule has 2 N–H and O–H groups in total. The van der Waals surface area contributed by atoms with Gasteiger partial charge in [0, 0.05) is 17.1 Å². The number of imidazole rings is 1. The average molecular weight is 422 g/mol. The maximum absolute atomic E-state index is 14.3. The molecule has 32 heavy (non-hydrogen) atoms. The third-order valence-corrected chi connectivity index (χ3v) is 5.76. The zero-order valence-corrected chi connectivity index (χ0v) is 16.6. The summed E-state index contributed by atoms with van der Waals surface area (Å²) in [5.74, 6) is -1.08. The smallest absolute Gasteiger partial charge is 0.251 e. The number of hydrogen-bond acceptors (Lipinski definition) is 5. The van der Waals surface area contributed by atoms with Crippen molar-refractivity contribution in [1.29, 1.82) is 0 Å². The van der Waals surface area contributed by atoms with Crippen molar-refractivity contribution in [1.82, 2.24) is 24.6 Å². The minimum Gasteiger partial charge on any atom is -0.366 e. The number of benzene rings is 2. The largest absolute Gasteiger partial charge is 0.366 e. The number of carbonyl (C=O) groups is 1. The Morgan fingerprint density at radius 3 is 2.62 bits per heavy atom. The summed E-state index contributed by atoms with van der Waals surface area (Å²) in [6.07, 6.45) is 9.23. The van der Waals surface area contributed by atoms with Crippen molar-refractivity contribution >= 4 is 22.6 Å². The lowest BCUT2D eigenvalue weighted by Gasteiger charge is -2.16. The summed E-state index contributed by atoms with van der Waals surface area (Å²) in [5.41, 5.74) is 8.35. The molecule has 7 nitrogen and oxygen atoms in total. The molecule has 0 aliphatic heterocycles. The first-order valence-corrected chi connectivity index (χ1v) is 9.92. The molecule has 0 radical (unpaired) electrons. The zero-order chi connectivity index (χ0) is 21.9. The number of fused-ring (bicyclic) bond motifs is 2. The number of nitrogens with zero attached hydrogens (tertiary/aromatic N) is 5. The molecule has 1 amide bonds. The Morgan fingerprint density at radius 1 is 1.00 bits per heavy atom. The van der Waals surface area contributed by atoms with Crippen LogP contribution in [0.4, 0.5) is 4.39 Å². The molecule has 0 unspecified atom stereocenters. The number of rotatable bonds is 4. The predicted molar refractivity (Wildman–Crippen MR) is 116 cm³/mol. The van der Waals surface area contributed by atoms with Crippen molar-refractivity contribution in [2.24, 2.45) is 5.73 Å². The monoisotopic (exact) mass is 422 g/mol. The summed E-state index contributed by atoms with van der Waals surface area (Å²) in [5, 5.41) is 5.72. The molecule has 0 saturated heterocycles. The first-order valence-electron chi connectivity index (χ1n) is 9.92. The van der Waals surface area contributed by atoms with Crippen LogP contribution in [0.15, 0.2) is 79.3 Å². The highest BCUT2D eigenvalue weighted by Crippen LogP contribution is 2.45. The summed E-state index contributed by atoms with van der Waals surface area (Å²) in [6.45, 7) is 0. The Bertz CT molecular complexity index is 1580. The molecule has 6 rings (SSSR count). The van der Waals surface area contributed by atoms with Crippen LogP contribution in [0.5, 0.6) is 0 Å². The minimum atomic E-state index is -0.820. The molecule has 0 fully saturated rings. The molecule has 0 spiro atoms. The van der Waals surface area contributed by atoms with Gasteiger partial charge in [-0.2, -0.15) is 9.61 Å². The highest BCUT2D eigenvalue weighted by atomic mass is 19.1. The van der Waals surface area contributed by atoms with Gasteiger partial charge in [-0.3, -0.25) is 9.78 Å². The van der Waals surface area contributed by atoms with Gasteiger partial charge in [-0.05, 0) is 35.9 Å². The average Bonchev–Trinajstić information content (AvgIpc) is 3.50. The number of pyridine rings is 1. The maximum Gasteiger partial charge on any atom is 0.251 e. The van der Waals surface area contributed by atoms with E-state index >= 15 is 0 Å².